The van der Waals surface area contributed by atoms with E-state index >= 15 is 0 Å². The van der Waals surface area contributed by atoms with Gasteiger partial charge < -0.3 is 10.1 Å². The molecule has 0 aromatic carbocycles. The highest BCUT2D eigenvalue weighted by Gasteiger charge is 2.53. The van der Waals surface area contributed by atoms with Gasteiger partial charge in [0.1, 0.15) is 0 Å². The average Bonchev–Trinajstić information content (AvgIpc) is 2.69. The zero-order valence-electron chi connectivity index (χ0n) is 8.60. The molecule has 2 fully saturated rings. The Hall–Kier alpha value is -0.620. The van der Waals surface area contributed by atoms with Crippen molar-refractivity contribution in [3.63, 3.8) is 0 Å². The van der Waals surface area contributed by atoms with Crippen LogP contribution in [0.5, 0.6) is 0 Å². The van der Waals surface area contributed by atoms with Crippen LogP contribution in [0.15, 0.2) is 0 Å². The molecule has 0 aliphatic carbocycles. The number of nitrogens with one attached hydrogen (secondary N) is 1. The van der Waals surface area contributed by atoms with Gasteiger partial charge in [0.15, 0.2) is 15.1 Å². The molecule has 0 bridgehead atoms. The van der Waals surface area contributed by atoms with Crippen molar-refractivity contribution in [2.75, 3.05) is 19.7 Å². The lowest BCUT2D eigenvalue weighted by Crippen LogP contribution is -2.34. The van der Waals surface area contributed by atoms with E-state index in [9.17, 15) is 13.2 Å². The van der Waals surface area contributed by atoms with Crippen molar-refractivity contribution in [2.24, 2.45) is 5.92 Å². The smallest absolute Gasteiger partial charge is 0.324 e. The second-order valence-corrected chi connectivity index (χ2v) is 6.37. The van der Waals surface area contributed by atoms with Crippen LogP contribution in [0.3, 0.4) is 0 Å². The van der Waals surface area contributed by atoms with E-state index in [4.69, 9.17) is 4.74 Å². The quantitative estimate of drug-likeness (QED) is 0.640. The van der Waals surface area contributed by atoms with Crippen LogP contribution in [0, 0.1) is 5.92 Å². The molecule has 0 radical (unpaired) electrons. The maximum Gasteiger partial charge on any atom is 0.324 e. The van der Waals surface area contributed by atoms with Crippen molar-refractivity contribution in [1.82, 2.24) is 5.32 Å². The zero-order chi connectivity index (χ0) is 11.1. The van der Waals surface area contributed by atoms with E-state index in [-0.39, 0.29) is 17.8 Å². The number of hydrogen-bond donors (Lipinski definition) is 1. The summed E-state index contributed by atoms with van der Waals surface area (Å²) in [5.41, 5.74) is 0. The van der Waals surface area contributed by atoms with E-state index in [0.717, 1.165) is 0 Å². The topological polar surface area (TPSA) is 72.5 Å². The van der Waals surface area contributed by atoms with Gasteiger partial charge in [0.05, 0.1) is 11.9 Å². The predicted molar refractivity (Wildman–Crippen MR) is 54.1 cm³/mol. The standard InChI is InChI=1S/C9H15NO4S/c1-2-14-9(11)7-3-6-4-10-5-8(6)15(7,12)13/h6-8,10H,2-5H2,1H3/t6-,7?,8+/m1/s1. The third-order valence-electron chi connectivity index (χ3n) is 3.16. The summed E-state index contributed by atoms with van der Waals surface area (Å²) >= 11 is 0. The highest BCUT2D eigenvalue weighted by atomic mass is 32.2. The molecule has 15 heavy (non-hydrogen) atoms. The molecular weight excluding hydrogens is 218 g/mol. The minimum absolute atomic E-state index is 0.0874. The van der Waals surface area contributed by atoms with Crippen molar-refractivity contribution in [3.8, 4) is 0 Å². The number of ether oxygens (including phenoxy) is 1. The van der Waals surface area contributed by atoms with Crippen molar-refractivity contribution >= 4 is 15.8 Å². The number of rotatable bonds is 2. The van der Waals surface area contributed by atoms with Crippen LogP contribution < -0.4 is 5.32 Å². The van der Waals surface area contributed by atoms with Gasteiger partial charge in [-0.05, 0) is 25.8 Å². The number of fused-ring (bicyclic) bond motifs is 1. The highest BCUT2D eigenvalue weighted by molar-refractivity contribution is 7.93. The maximum absolute atomic E-state index is 11.9. The van der Waals surface area contributed by atoms with Gasteiger partial charge in [-0.3, -0.25) is 4.79 Å². The second-order valence-electron chi connectivity index (χ2n) is 4.02. The average molecular weight is 233 g/mol. The van der Waals surface area contributed by atoms with E-state index in [0.29, 0.717) is 19.5 Å². The molecule has 2 rings (SSSR count). The summed E-state index contributed by atoms with van der Waals surface area (Å²) in [5, 5.41) is 1.74. The Morgan fingerprint density at radius 2 is 2.20 bits per heavy atom. The number of sulfone groups is 1. The molecule has 2 saturated heterocycles. The fourth-order valence-electron chi connectivity index (χ4n) is 2.41. The molecule has 0 aromatic rings. The molecule has 2 heterocycles. The lowest BCUT2D eigenvalue weighted by molar-refractivity contribution is -0.142. The van der Waals surface area contributed by atoms with Gasteiger partial charge in [0, 0.05) is 6.54 Å². The molecule has 0 spiro atoms. The largest absolute Gasteiger partial charge is 0.465 e. The Morgan fingerprint density at radius 1 is 1.47 bits per heavy atom. The van der Waals surface area contributed by atoms with Gasteiger partial charge in [-0.2, -0.15) is 0 Å². The third kappa shape index (κ3) is 1.65. The van der Waals surface area contributed by atoms with E-state index in [1.54, 1.807) is 6.92 Å². The Kier molecular flexibility index (Phi) is 2.72. The monoisotopic (exact) mass is 233 g/mol. The highest BCUT2D eigenvalue weighted by Crippen LogP contribution is 2.35. The lowest BCUT2D eigenvalue weighted by Gasteiger charge is -2.10. The van der Waals surface area contributed by atoms with Gasteiger partial charge in [-0.1, -0.05) is 0 Å². The van der Waals surface area contributed by atoms with Crippen LogP contribution in [-0.2, 0) is 19.4 Å². The Labute approximate surface area is 89.1 Å². The summed E-state index contributed by atoms with van der Waals surface area (Å²) in [6, 6.07) is 0. The zero-order valence-corrected chi connectivity index (χ0v) is 9.42. The first-order chi connectivity index (χ1) is 7.07. The number of carbonyl (C=O) groups is 1. The first-order valence-corrected chi connectivity index (χ1v) is 6.78. The van der Waals surface area contributed by atoms with Crippen LogP contribution in [0.1, 0.15) is 13.3 Å². The molecule has 0 aromatic heterocycles. The van der Waals surface area contributed by atoms with Gasteiger partial charge in [0.2, 0.25) is 0 Å². The molecule has 3 atom stereocenters. The van der Waals surface area contributed by atoms with Gasteiger partial charge >= 0.3 is 5.97 Å². The Balaban J connectivity index is 2.19. The van der Waals surface area contributed by atoms with Gasteiger partial charge in [-0.25, -0.2) is 8.42 Å². The lowest BCUT2D eigenvalue weighted by atomic mass is 10.0. The van der Waals surface area contributed by atoms with Crippen LogP contribution >= 0.6 is 0 Å². The van der Waals surface area contributed by atoms with Crippen molar-refractivity contribution in [1.29, 1.82) is 0 Å². The summed E-state index contributed by atoms with van der Waals surface area (Å²) in [7, 11) is -3.32. The van der Waals surface area contributed by atoms with Gasteiger partial charge in [-0.15, -0.1) is 0 Å². The molecule has 2 aliphatic heterocycles. The molecule has 2 aliphatic rings. The second kappa shape index (κ2) is 3.75. The minimum Gasteiger partial charge on any atom is -0.465 e. The summed E-state index contributed by atoms with van der Waals surface area (Å²) in [6.45, 7) is 3.09. The summed E-state index contributed by atoms with van der Waals surface area (Å²) in [4.78, 5) is 11.5. The van der Waals surface area contributed by atoms with Crippen LogP contribution in [0.2, 0.25) is 0 Å². The minimum atomic E-state index is -3.32. The van der Waals surface area contributed by atoms with Crippen molar-refractivity contribution < 1.29 is 17.9 Å². The fourth-order valence-corrected chi connectivity index (χ4v) is 4.78. The molecule has 6 heteroatoms. The molecular formula is C9H15NO4S. The summed E-state index contributed by atoms with van der Waals surface area (Å²) in [6.07, 6.45) is 0.416. The van der Waals surface area contributed by atoms with Crippen molar-refractivity contribution in [3.05, 3.63) is 0 Å². The van der Waals surface area contributed by atoms with E-state index in [2.05, 4.69) is 5.32 Å². The normalized spacial score (nSPS) is 37.5. The molecule has 1 N–H and O–H groups in total. The number of esters is 1. The van der Waals surface area contributed by atoms with Crippen LogP contribution in [0.4, 0.5) is 0 Å². The summed E-state index contributed by atoms with van der Waals surface area (Å²) in [5.74, 6) is -0.490. The Morgan fingerprint density at radius 3 is 2.80 bits per heavy atom. The van der Waals surface area contributed by atoms with Crippen molar-refractivity contribution in [2.45, 2.75) is 23.8 Å². The number of hydrogen-bond acceptors (Lipinski definition) is 5. The van der Waals surface area contributed by atoms with E-state index in [1.165, 1.54) is 0 Å². The first kappa shape index (κ1) is 10.9. The molecule has 5 nitrogen and oxygen atoms in total. The van der Waals surface area contributed by atoms with Crippen LogP contribution in [-0.4, -0.2) is 44.6 Å². The SMILES string of the molecule is CCOC(=O)C1C[C@@H]2CNC[C@@H]2S1(=O)=O. The summed E-state index contributed by atoms with van der Waals surface area (Å²) < 4.78 is 28.7. The van der Waals surface area contributed by atoms with E-state index < -0.39 is 21.1 Å². The first-order valence-electron chi connectivity index (χ1n) is 5.17. The van der Waals surface area contributed by atoms with E-state index in [1.807, 2.05) is 0 Å². The maximum atomic E-state index is 11.9. The molecule has 0 saturated carbocycles. The molecule has 86 valence electrons. The molecule has 0 amide bonds. The third-order valence-corrected chi connectivity index (χ3v) is 5.74. The Bertz CT molecular complexity index is 364. The number of carbonyl (C=O) groups excluding carboxylic acids is 1. The molecule has 1 unspecified atom stereocenters. The fraction of sp³-hybridized carbons (Fsp3) is 0.889. The van der Waals surface area contributed by atoms with Gasteiger partial charge in [0.25, 0.3) is 0 Å². The predicted octanol–water partition coefficient (Wildman–Crippen LogP) is -0.675. The van der Waals surface area contributed by atoms with Crippen LogP contribution in [0.25, 0.3) is 0 Å².